The maximum absolute atomic E-state index is 12.9. The van der Waals surface area contributed by atoms with Crippen LogP contribution in [0.2, 0.25) is 0 Å². The molecule has 0 unspecified atom stereocenters. The van der Waals surface area contributed by atoms with Crippen LogP contribution in [0.5, 0.6) is 5.75 Å². The highest BCUT2D eigenvalue weighted by Gasteiger charge is 2.30. The van der Waals surface area contributed by atoms with Gasteiger partial charge in [0.15, 0.2) is 20.5 Å². The van der Waals surface area contributed by atoms with Crippen molar-refractivity contribution in [2.24, 2.45) is 0 Å². The SMILES string of the molecule is COc1ccc(C)cc1NC(=O)Cn1nc2ccc(S(=O)(=O)C3CCCCC3)nn2c1=O. The van der Waals surface area contributed by atoms with Crippen LogP contribution in [0.3, 0.4) is 0 Å². The van der Waals surface area contributed by atoms with Gasteiger partial charge in [0.25, 0.3) is 0 Å². The Bertz CT molecular complexity index is 1320. The van der Waals surface area contributed by atoms with E-state index in [1.54, 1.807) is 12.1 Å². The van der Waals surface area contributed by atoms with Gasteiger partial charge < -0.3 is 10.1 Å². The second-order valence-electron chi connectivity index (χ2n) is 7.94. The van der Waals surface area contributed by atoms with Crippen LogP contribution in [-0.4, -0.2) is 46.1 Å². The molecule has 1 aromatic carbocycles. The van der Waals surface area contributed by atoms with Crippen molar-refractivity contribution in [2.45, 2.75) is 55.8 Å². The highest BCUT2D eigenvalue weighted by atomic mass is 32.2. The molecule has 11 heteroatoms. The van der Waals surface area contributed by atoms with Crippen LogP contribution in [0.4, 0.5) is 5.69 Å². The van der Waals surface area contributed by atoms with E-state index >= 15 is 0 Å². The maximum atomic E-state index is 12.9. The van der Waals surface area contributed by atoms with E-state index in [4.69, 9.17) is 4.74 Å². The van der Waals surface area contributed by atoms with Crippen molar-refractivity contribution in [2.75, 3.05) is 12.4 Å². The Balaban J connectivity index is 1.58. The van der Waals surface area contributed by atoms with Crippen LogP contribution in [0.15, 0.2) is 40.2 Å². The minimum absolute atomic E-state index is 0.146. The number of fused-ring (bicyclic) bond motifs is 1. The number of aromatic nitrogens is 4. The Morgan fingerprint density at radius 1 is 1.16 bits per heavy atom. The summed E-state index contributed by atoms with van der Waals surface area (Å²) in [6.07, 6.45) is 3.95. The molecule has 1 fully saturated rings. The molecule has 2 heterocycles. The van der Waals surface area contributed by atoms with E-state index in [2.05, 4.69) is 15.5 Å². The molecule has 4 rings (SSSR count). The fourth-order valence-corrected chi connectivity index (χ4v) is 5.69. The van der Waals surface area contributed by atoms with Gasteiger partial charge in [0.05, 0.1) is 18.0 Å². The molecular weight excluding hydrogens is 434 g/mol. The Hall–Kier alpha value is -3.21. The highest BCUT2D eigenvalue weighted by molar-refractivity contribution is 7.92. The van der Waals surface area contributed by atoms with Gasteiger partial charge in [-0.3, -0.25) is 4.79 Å². The van der Waals surface area contributed by atoms with Crippen molar-refractivity contribution < 1.29 is 17.9 Å². The molecule has 0 spiro atoms. The van der Waals surface area contributed by atoms with Gasteiger partial charge in [0.2, 0.25) is 5.91 Å². The molecule has 0 aliphatic heterocycles. The molecule has 1 saturated carbocycles. The summed E-state index contributed by atoms with van der Waals surface area (Å²) in [6.45, 7) is 1.52. The van der Waals surface area contributed by atoms with Gasteiger partial charge in [-0.2, -0.15) is 4.52 Å². The summed E-state index contributed by atoms with van der Waals surface area (Å²) < 4.78 is 33.0. The molecule has 0 saturated heterocycles. The molecule has 0 bridgehead atoms. The summed E-state index contributed by atoms with van der Waals surface area (Å²) in [6, 6.07) is 8.15. The van der Waals surface area contributed by atoms with Gasteiger partial charge in [-0.15, -0.1) is 10.2 Å². The van der Waals surface area contributed by atoms with Crippen molar-refractivity contribution in [1.29, 1.82) is 0 Å². The number of aryl methyl sites for hydroxylation is 1. The fraction of sp³-hybridized carbons (Fsp3) is 0.429. The number of ether oxygens (including phenoxy) is 1. The van der Waals surface area contributed by atoms with Gasteiger partial charge >= 0.3 is 5.69 Å². The number of amides is 1. The summed E-state index contributed by atoms with van der Waals surface area (Å²) in [4.78, 5) is 25.3. The van der Waals surface area contributed by atoms with E-state index in [0.717, 1.165) is 34.0 Å². The van der Waals surface area contributed by atoms with Gasteiger partial charge in [-0.05, 0) is 49.6 Å². The van der Waals surface area contributed by atoms with Gasteiger partial charge in [-0.1, -0.05) is 25.3 Å². The number of carbonyl (C=O) groups excluding carboxylic acids is 1. The second kappa shape index (κ2) is 8.73. The van der Waals surface area contributed by atoms with E-state index in [1.165, 1.54) is 19.2 Å². The molecule has 1 aliphatic carbocycles. The molecule has 1 aliphatic rings. The van der Waals surface area contributed by atoms with Crippen LogP contribution in [0.25, 0.3) is 5.65 Å². The third kappa shape index (κ3) is 4.24. The molecule has 1 amide bonds. The topological polar surface area (TPSA) is 125 Å². The van der Waals surface area contributed by atoms with Crippen molar-refractivity contribution in [3.63, 3.8) is 0 Å². The van der Waals surface area contributed by atoms with E-state index in [-0.39, 0.29) is 17.2 Å². The van der Waals surface area contributed by atoms with Crippen molar-refractivity contribution in [3.05, 3.63) is 46.4 Å². The standard InChI is InChI=1S/C21H25N5O5S/c1-14-8-9-17(31-2)16(12-14)22-19(27)13-25-21(28)26-18(23-25)10-11-20(24-26)32(29,30)15-6-4-3-5-7-15/h8-12,15H,3-7,13H2,1-2H3,(H,22,27). The largest absolute Gasteiger partial charge is 0.495 e. The Kier molecular flexibility index (Phi) is 6.00. The van der Waals surface area contributed by atoms with Crippen molar-refractivity contribution >= 4 is 27.1 Å². The first-order valence-corrected chi connectivity index (χ1v) is 12.0. The minimum atomic E-state index is -3.64. The monoisotopic (exact) mass is 459 g/mol. The molecule has 2 aromatic heterocycles. The zero-order valence-corrected chi connectivity index (χ0v) is 18.8. The minimum Gasteiger partial charge on any atom is -0.495 e. The molecule has 0 atom stereocenters. The average Bonchev–Trinajstić information content (AvgIpc) is 3.09. The zero-order chi connectivity index (χ0) is 22.9. The van der Waals surface area contributed by atoms with E-state index in [0.29, 0.717) is 24.3 Å². The summed E-state index contributed by atoms with van der Waals surface area (Å²) >= 11 is 0. The molecule has 0 radical (unpaired) electrons. The number of carbonyl (C=O) groups is 1. The summed E-state index contributed by atoms with van der Waals surface area (Å²) in [5, 5.41) is 10.2. The van der Waals surface area contributed by atoms with E-state index in [1.807, 2.05) is 13.0 Å². The third-order valence-corrected chi connectivity index (χ3v) is 7.77. The summed E-state index contributed by atoms with van der Waals surface area (Å²) in [7, 11) is -2.14. The number of methoxy groups -OCH3 is 1. The van der Waals surface area contributed by atoms with Crippen molar-refractivity contribution in [3.8, 4) is 5.75 Å². The predicted molar refractivity (Wildman–Crippen MR) is 118 cm³/mol. The van der Waals surface area contributed by atoms with Gasteiger partial charge in [-0.25, -0.2) is 17.9 Å². The van der Waals surface area contributed by atoms with Gasteiger partial charge in [0, 0.05) is 0 Å². The number of hydrogen-bond donors (Lipinski definition) is 1. The molecular formula is C21H25N5O5S. The Labute approximate surface area is 185 Å². The normalized spacial score (nSPS) is 15.1. The smallest absolute Gasteiger partial charge is 0.367 e. The number of anilines is 1. The molecule has 1 N–H and O–H groups in total. The number of nitrogens with zero attached hydrogens (tertiary/aromatic N) is 4. The number of benzene rings is 1. The molecule has 10 nitrogen and oxygen atoms in total. The first-order valence-electron chi connectivity index (χ1n) is 10.4. The molecule has 3 aromatic rings. The van der Waals surface area contributed by atoms with Gasteiger partial charge in [0.1, 0.15) is 12.3 Å². The lowest BCUT2D eigenvalue weighted by Gasteiger charge is -2.20. The average molecular weight is 460 g/mol. The van der Waals surface area contributed by atoms with Crippen molar-refractivity contribution in [1.82, 2.24) is 19.4 Å². The first kappa shape index (κ1) is 22.0. The predicted octanol–water partition coefficient (Wildman–Crippen LogP) is 1.95. The fourth-order valence-electron chi connectivity index (χ4n) is 3.94. The molecule has 170 valence electrons. The zero-order valence-electron chi connectivity index (χ0n) is 17.9. The Morgan fingerprint density at radius 2 is 1.91 bits per heavy atom. The highest BCUT2D eigenvalue weighted by Crippen LogP contribution is 2.28. The number of nitrogens with one attached hydrogen (secondary N) is 1. The van der Waals surface area contributed by atoms with E-state index < -0.39 is 26.7 Å². The van der Waals surface area contributed by atoms with Crippen LogP contribution in [0.1, 0.15) is 37.7 Å². The number of rotatable bonds is 6. The van der Waals surface area contributed by atoms with E-state index in [9.17, 15) is 18.0 Å². The molecule has 32 heavy (non-hydrogen) atoms. The summed E-state index contributed by atoms with van der Waals surface area (Å²) in [5.41, 5.74) is 0.890. The van der Waals surface area contributed by atoms with Crippen LogP contribution < -0.4 is 15.7 Å². The number of hydrogen-bond acceptors (Lipinski definition) is 7. The third-order valence-electron chi connectivity index (χ3n) is 5.62. The number of sulfone groups is 1. The summed E-state index contributed by atoms with van der Waals surface area (Å²) in [5.74, 6) is 0.0139. The van der Waals surface area contributed by atoms with Crippen LogP contribution in [0, 0.1) is 6.92 Å². The second-order valence-corrected chi connectivity index (χ2v) is 10.1. The lowest BCUT2D eigenvalue weighted by Crippen LogP contribution is -2.30. The maximum Gasteiger partial charge on any atom is 0.367 e. The van der Waals surface area contributed by atoms with Crippen LogP contribution in [-0.2, 0) is 21.2 Å². The Morgan fingerprint density at radius 3 is 2.62 bits per heavy atom. The van der Waals surface area contributed by atoms with Crippen LogP contribution >= 0.6 is 0 Å². The lowest BCUT2D eigenvalue weighted by atomic mass is 10.0. The lowest BCUT2D eigenvalue weighted by molar-refractivity contribution is -0.117. The quantitative estimate of drug-likeness (QED) is 0.597. The first-order chi connectivity index (χ1) is 15.3.